The minimum Gasteiger partial charge on any atom is -0.507 e. The molecule has 0 atom stereocenters. The third-order valence-electron chi connectivity index (χ3n) is 4.85. The summed E-state index contributed by atoms with van der Waals surface area (Å²) in [5.41, 5.74) is 4.86. The van der Waals surface area contributed by atoms with Gasteiger partial charge in [0.1, 0.15) is 18.1 Å². The zero-order chi connectivity index (χ0) is 24.5. The minimum atomic E-state index is -4.82. The summed E-state index contributed by atoms with van der Waals surface area (Å²) < 4.78 is 47.3. The number of nitrogens with zero attached hydrogens (tertiary/aromatic N) is 2. The van der Waals surface area contributed by atoms with Gasteiger partial charge in [0.25, 0.3) is 0 Å². The first kappa shape index (κ1) is 23.7. The number of aromatic hydroxyl groups is 1. The third kappa shape index (κ3) is 5.18. The standard InChI is InChI=1S/C24H16Cl2F3N3O2/c25-15-6-4-14(5-7-15)20-21(31-23(30)32-22(20)24(27,28)29)18-9-8-17(11-19(18)33)34-12-13-2-1-3-16(26)10-13/h1-11,33H,12H2,(H2,30,31,32). The number of nitrogens with two attached hydrogens (primary N) is 1. The maximum atomic E-state index is 13.9. The highest BCUT2D eigenvalue weighted by molar-refractivity contribution is 6.30. The Kier molecular flexibility index (Phi) is 6.54. The first-order valence-electron chi connectivity index (χ1n) is 9.83. The van der Waals surface area contributed by atoms with Crippen LogP contribution in [-0.2, 0) is 12.8 Å². The number of rotatable bonds is 5. The van der Waals surface area contributed by atoms with Crippen LogP contribution in [0.2, 0.25) is 10.0 Å². The summed E-state index contributed by atoms with van der Waals surface area (Å²) in [7, 11) is 0. The average Bonchev–Trinajstić information content (AvgIpc) is 2.77. The van der Waals surface area contributed by atoms with E-state index in [2.05, 4.69) is 9.97 Å². The Labute approximate surface area is 202 Å². The van der Waals surface area contributed by atoms with Gasteiger partial charge in [0.2, 0.25) is 5.95 Å². The average molecular weight is 506 g/mol. The number of alkyl halides is 3. The molecule has 0 radical (unpaired) electrons. The second kappa shape index (κ2) is 9.40. The van der Waals surface area contributed by atoms with Crippen molar-refractivity contribution in [2.45, 2.75) is 12.8 Å². The molecular weight excluding hydrogens is 490 g/mol. The molecule has 0 saturated carbocycles. The van der Waals surface area contributed by atoms with Gasteiger partial charge in [-0.1, -0.05) is 47.5 Å². The van der Waals surface area contributed by atoms with E-state index in [1.54, 1.807) is 18.2 Å². The SMILES string of the molecule is Nc1nc(-c2ccc(OCc3cccc(Cl)c3)cc2O)c(-c2ccc(Cl)cc2)c(C(F)(F)F)n1. The van der Waals surface area contributed by atoms with Crippen LogP contribution in [0.1, 0.15) is 11.3 Å². The summed E-state index contributed by atoms with van der Waals surface area (Å²) in [6.45, 7) is 0.175. The lowest BCUT2D eigenvalue weighted by molar-refractivity contribution is -0.140. The molecule has 34 heavy (non-hydrogen) atoms. The van der Waals surface area contributed by atoms with Gasteiger partial charge in [0.15, 0.2) is 5.69 Å². The molecule has 3 N–H and O–H groups in total. The van der Waals surface area contributed by atoms with Gasteiger partial charge in [-0.15, -0.1) is 0 Å². The molecule has 4 aromatic rings. The summed E-state index contributed by atoms with van der Waals surface area (Å²) in [5.74, 6) is -0.627. The maximum Gasteiger partial charge on any atom is 0.434 e. The minimum absolute atomic E-state index is 0.0275. The number of hydrogen-bond acceptors (Lipinski definition) is 5. The number of phenols is 1. The zero-order valence-corrected chi connectivity index (χ0v) is 18.8. The zero-order valence-electron chi connectivity index (χ0n) is 17.3. The van der Waals surface area contributed by atoms with Crippen molar-refractivity contribution < 1.29 is 23.0 Å². The molecule has 0 amide bonds. The molecule has 3 aromatic carbocycles. The molecule has 0 bridgehead atoms. The van der Waals surface area contributed by atoms with E-state index in [1.807, 2.05) is 6.07 Å². The van der Waals surface area contributed by atoms with Crippen LogP contribution in [0.4, 0.5) is 19.1 Å². The van der Waals surface area contributed by atoms with Gasteiger partial charge < -0.3 is 15.6 Å². The molecule has 0 spiro atoms. The Hall–Kier alpha value is -3.49. The number of nitrogen functional groups attached to an aromatic ring is 1. The molecule has 0 aliphatic rings. The van der Waals surface area contributed by atoms with Crippen LogP contribution in [-0.4, -0.2) is 15.1 Å². The number of phenolic OH excluding ortho intramolecular Hbond substituents is 1. The van der Waals surface area contributed by atoms with Crippen LogP contribution >= 0.6 is 23.2 Å². The lowest BCUT2D eigenvalue weighted by atomic mass is 9.96. The van der Waals surface area contributed by atoms with Crippen LogP contribution in [0.5, 0.6) is 11.5 Å². The van der Waals surface area contributed by atoms with E-state index in [9.17, 15) is 18.3 Å². The van der Waals surface area contributed by atoms with Crippen molar-refractivity contribution >= 4 is 29.2 Å². The van der Waals surface area contributed by atoms with Crippen LogP contribution in [0.15, 0.2) is 66.7 Å². The first-order valence-corrected chi connectivity index (χ1v) is 10.6. The van der Waals surface area contributed by atoms with Crippen molar-refractivity contribution in [1.29, 1.82) is 0 Å². The molecule has 10 heteroatoms. The van der Waals surface area contributed by atoms with Gasteiger partial charge in [-0.05, 0) is 47.5 Å². The van der Waals surface area contributed by atoms with Gasteiger partial charge in [-0.3, -0.25) is 0 Å². The number of aromatic nitrogens is 2. The van der Waals surface area contributed by atoms with Crippen molar-refractivity contribution in [1.82, 2.24) is 9.97 Å². The predicted octanol–water partition coefficient (Wildman–Crippen LogP) is 7.00. The van der Waals surface area contributed by atoms with E-state index >= 15 is 0 Å². The van der Waals surface area contributed by atoms with Gasteiger partial charge >= 0.3 is 6.18 Å². The molecule has 0 aliphatic carbocycles. The fraction of sp³-hybridized carbons (Fsp3) is 0.0833. The molecule has 0 aliphatic heterocycles. The lowest BCUT2D eigenvalue weighted by Crippen LogP contribution is -2.14. The number of halogens is 5. The van der Waals surface area contributed by atoms with E-state index in [0.29, 0.717) is 15.8 Å². The molecule has 1 heterocycles. The number of anilines is 1. The monoisotopic (exact) mass is 505 g/mol. The molecule has 0 unspecified atom stereocenters. The normalized spacial score (nSPS) is 11.4. The molecular formula is C24H16Cl2F3N3O2. The molecule has 1 aromatic heterocycles. The summed E-state index contributed by atoms with van der Waals surface area (Å²) in [4.78, 5) is 7.47. The van der Waals surface area contributed by atoms with E-state index in [1.165, 1.54) is 42.5 Å². The van der Waals surface area contributed by atoms with Crippen LogP contribution in [0.25, 0.3) is 22.4 Å². The van der Waals surface area contributed by atoms with Crippen molar-refractivity contribution in [3.63, 3.8) is 0 Å². The fourth-order valence-corrected chi connectivity index (χ4v) is 3.70. The summed E-state index contributed by atoms with van der Waals surface area (Å²) in [5, 5.41) is 11.6. The van der Waals surface area contributed by atoms with Gasteiger partial charge in [-0.25, -0.2) is 9.97 Å². The Morgan fingerprint density at radius 1 is 0.912 bits per heavy atom. The van der Waals surface area contributed by atoms with Gasteiger partial charge in [0.05, 0.1) is 5.69 Å². The summed E-state index contributed by atoms with van der Waals surface area (Å²) >= 11 is 11.9. The molecule has 0 saturated heterocycles. The Bertz CT molecular complexity index is 1350. The van der Waals surface area contributed by atoms with Crippen molar-refractivity contribution in [2.75, 3.05) is 5.73 Å². The molecule has 0 fully saturated rings. The van der Waals surface area contributed by atoms with Crippen molar-refractivity contribution in [3.8, 4) is 33.9 Å². The maximum absolute atomic E-state index is 13.9. The van der Waals surface area contributed by atoms with E-state index < -0.39 is 17.8 Å². The molecule has 4 rings (SSSR count). The molecule has 5 nitrogen and oxygen atoms in total. The highest BCUT2D eigenvalue weighted by Gasteiger charge is 2.38. The highest BCUT2D eigenvalue weighted by atomic mass is 35.5. The van der Waals surface area contributed by atoms with Crippen molar-refractivity contribution in [3.05, 3.63) is 88.0 Å². The smallest absolute Gasteiger partial charge is 0.434 e. The summed E-state index contributed by atoms with van der Waals surface area (Å²) in [6.07, 6.45) is -4.82. The number of ether oxygens (including phenoxy) is 1. The largest absolute Gasteiger partial charge is 0.507 e. The molecule has 174 valence electrons. The van der Waals surface area contributed by atoms with Crippen LogP contribution < -0.4 is 10.5 Å². The second-order valence-corrected chi connectivity index (χ2v) is 8.13. The Morgan fingerprint density at radius 2 is 1.65 bits per heavy atom. The Balaban J connectivity index is 1.77. The number of benzene rings is 3. The first-order chi connectivity index (χ1) is 16.1. The quantitative estimate of drug-likeness (QED) is 0.305. The second-order valence-electron chi connectivity index (χ2n) is 7.26. The fourth-order valence-electron chi connectivity index (χ4n) is 3.36. The number of hydrogen-bond donors (Lipinski definition) is 2. The predicted molar refractivity (Wildman–Crippen MR) is 125 cm³/mol. The van der Waals surface area contributed by atoms with Crippen molar-refractivity contribution in [2.24, 2.45) is 0 Å². The highest BCUT2D eigenvalue weighted by Crippen LogP contribution is 2.44. The van der Waals surface area contributed by atoms with E-state index in [-0.39, 0.29) is 34.7 Å². The van der Waals surface area contributed by atoms with E-state index in [0.717, 1.165) is 5.56 Å². The Morgan fingerprint density at radius 3 is 2.29 bits per heavy atom. The van der Waals surface area contributed by atoms with Gasteiger partial charge in [-0.2, -0.15) is 13.2 Å². The van der Waals surface area contributed by atoms with Crippen LogP contribution in [0.3, 0.4) is 0 Å². The van der Waals surface area contributed by atoms with Crippen LogP contribution in [0, 0.1) is 0 Å². The third-order valence-corrected chi connectivity index (χ3v) is 5.33. The topological polar surface area (TPSA) is 81.3 Å². The summed E-state index contributed by atoms with van der Waals surface area (Å²) in [6, 6.07) is 17.0. The van der Waals surface area contributed by atoms with E-state index in [4.69, 9.17) is 33.7 Å². The van der Waals surface area contributed by atoms with Gasteiger partial charge in [0, 0.05) is 27.2 Å². The lowest BCUT2D eigenvalue weighted by Gasteiger charge is -2.17.